The Morgan fingerprint density at radius 3 is 2.41 bits per heavy atom. The van der Waals surface area contributed by atoms with Crippen LogP contribution in [0.25, 0.3) is 11.0 Å². The third-order valence-electron chi connectivity index (χ3n) is 1.78. The second-order valence-corrected chi connectivity index (χ2v) is 2.60. The van der Waals surface area contributed by atoms with Crippen molar-refractivity contribution in [3.8, 4) is 0 Å². The second-order valence-electron chi connectivity index (χ2n) is 2.60. The van der Waals surface area contributed by atoms with Gasteiger partial charge in [0.1, 0.15) is 0 Å². The molecule has 93 valence electrons. The molecule has 0 N–H and O–H groups in total. The Kier molecular flexibility index (Phi) is 18.6. The van der Waals surface area contributed by atoms with E-state index >= 15 is 0 Å². The molecule has 0 saturated heterocycles. The Hall–Kier alpha value is -0.116. The van der Waals surface area contributed by atoms with Crippen LogP contribution in [0.1, 0.15) is 7.43 Å². The number of fused-ring (bicyclic) bond motifs is 1. The van der Waals surface area contributed by atoms with Gasteiger partial charge in [0.15, 0.2) is 0 Å². The number of halogens is 3. The number of rotatable bonds is 2. The number of allylic oxidation sites excluding steroid dienone is 1. The molecule has 1 aromatic heterocycles. The van der Waals surface area contributed by atoms with E-state index in [4.69, 9.17) is 0 Å². The summed E-state index contributed by atoms with van der Waals surface area (Å²) in [4.78, 5) is 4.13. The number of benzene rings is 1. The van der Waals surface area contributed by atoms with Crippen LogP contribution in [0.5, 0.6) is 0 Å². The summed E-state index contributed by atoms with van der Waals surface area (Å²) >= 11 is 0. The van der Waals surface area contributed by atoms with Crippen LogP contribution in [0.3, 0.4) is 0 Å². The van der Waals surface area contributed by atoms with E-state index in [0.29, 0.717) is 0 Å². The maximum Gasteiger partial charge on any atom is 4.00 e. The van der Waals surface area contributed by atoms with E-state index in [1.54, 1.807) is 0 Å². The van der Waals surface area contributed by atoms with Gasteiger partial charge in [0, 0.05) is 12.9 Å². The largest absolute Gasteiger partial charge is 4.00 e. The molecule has 6 heteroatoms. The molecule has 0 bridgehead atoms. The predicted molar refractivity (Wildman–Crippen MR) is 55.5 cm³/mol. The molecule has 1 aromatic carbocycles. The van der Waals surface area contributed by atoms with Gasteiger partial charge in [-0.25, -0.2) is 0 Å². The minimum Gasteiger partial charge on any atom is -1.00 e. The molecule has 0 atom stereocenters. The first kappa shape index (κ1) is 25.7. The smallest absolute Gasteiger partial charge is 1.00 e. The standard InChI is InChI=1S/C10H9N2.CH4.3ClH.V/c1-2-7-12-8-11-9-5-3-4-6-10(9)12;;;;;/h2-6H,1,7H2;1H4;3*1H;/q-1;;;;;+4/p-3. The molecule has 1 radical (unpaired) electrons. The summed E-state index contributed by atoms with van der Waals surface area (Å²) < 4.78 is 1.95. The maximum atomic E-state index is 4.13. The average Bonchev–Trinajstić information content (AvgIpc) is 2.50. The fraction of sp³-hybridized carbons (Fsp3) is 0.182. The molecule has 0 saturated carbocycles. The first-order chi connectivity index (χ1) is 5.92. The van der Waals surface area contributed by atoms with Gasteiger partial charge in [-0.2, -0.15) is 0 Å². The van der Waals surface area contributed by atoms with Crippen LogP contribution in [0.15, 0.2) is 36.9 Å². The SMILES string of the molecule is C.C=CCn1[c-]nc2ccccc21.[Cl-].[Cl-].[Cl-].[V+4]. The fourth-order valence-electron chi connectivity index (χ4n) is 1.22. The van der Waals surface area contributed by atoms with Crippen LogP contribution in [0.4, 0.5) is 0 Å². The maximum absolute atomic E-state index is 4.13. The summed E-state index contributed by atoms with van der Waals surface area (Å²) in [7, 11) is 0. The minimum atomic E-state index is 0. The van der Waals surface area contributed by atoms with Crippen molar-refractivity contribution < 1.29 is 55.8 Å². The average molecular weight is 331 g/mol. The molecular formula is C11H13Cl3N2V. The van der Waals surface area contributed by atoms with Gasteiger partial charge < -0.3 is 46.8 Å². The van der Waals surface area contributed by atoms with Gasteiger partial charge in [-0.3, -0.25) is 0 Å². The Bertz CT molecular complexity index is 418. The number of aromatic nitrogens is 2. The summed E-state index contributed by atoms with van der Waals surface area (Å²) in [6.45, 7) is 4.44. The van der Waals surface area contributed by atoms with E-state index in [1.165, 1.54) is 0 Å². The van der Waals surface area contributed by atoms with Crippen molar-refractivity contribution in [1.82, 2.24) is 9.55 Å². The van der Waals surface area contributed by atoms with Crippen molar-refractivity contribution in [2.24, 2.45) is 0 Å². The Labute approximate surface area is 133 Å². The van der Waals surface area contributed by atoms with Gasteiger partial charge in [0.05, 0.1) is 0 Å². The zero-order valence-corrected chi connectivity index (χ0v) is 11.9. The van der Waals surface area contributed by atoms with Crippen LogP contribution >= 0.6 is 0 Å². The number of hydrogen-bond acceptors (Lipinski definition) is 1. The summed E-state index contributed by atoms with van der Waals surface area (Å²) in [6.07, 6.45) is 4.75. The van der Waals surface area contributed by atoms with Crippen molar-refractivity contribution in [1.29, 1.82) is 0 Å². The molecule has 0 amide bonds. The van der Waals surface area contributed by atoms with Crippen LogP contribution in [0.2, 0.25) is 0 Å². The number of para-hydroxylation sites is 2. The molecular weight excluding hydrogens is 317 g/mol. The van der Waals surface area contributed by atoms with Crippen molar-refractivity contribution in [3.05, 3.63) is 43.2 Å². The minimum absolute atomic E-state index is 0. The van der Waals surface area contributed by atoms with Crippen molar-refractivity contribution in [3.63, 3.8) is 0 Å². The van der Waals surface area contributed by atoms with Crippen molar-refractivity contribution in [2.45, 2.75) is 14.0 Å². The van der Waals surface area contributed by atoms with E-state index in [0.717, 1.165) is 17.6 Å². The van der Waals surface area contributed by atoms with Gasteiger partial charge >= 0.3 is 18.6 Å². The van der Waals surface area contributed by atoms with Gasteiger partial charge in [-0.1, -0.05) is 36.7 Å². The Morgan fingerprint density at radius 1 is 1.24 bits per heavy atom. The first-order valence-electron chi connectivity index (χ1n) is 3.85. The summed E-state index contributed by atoms with van der Waals surface area (Å²) in [5.74, 6) is 0. The molecule has 1 heterocycles. The summed E-state index contributed by atoms with van der Waals surface area (Å²) in [5, 5.41) is 0. The number of hydrogen-bond donors (Lipinski definition) is 0. The number of nitrogens with zero attached hydrogens (tertiary/aromatic N) is 2. The zero-order valence-electron chi connectivity index (χ0n) is 8.28. The molecule has 0 unspecified atom stereocenters. The van der Waals surface area contributed by atoms with Crippen molar-refractivity contribution in [2.75, 3.05) is 0 Å². The second kappa shape index (κ2) is 12.3. The van der Waals surface area contributed by atoms with Gasteiger partial charge in [0.25, 0.3) is 0 Å². The zero-order chi connectivity index (χ0) is 8.39. The molecule has 17 heavy (non-hydrogen) atoms. The molecule has 2 rings (SSSR count). The Morgan fingerprint density at radius 2 is 1.82 bits per heavy atom. The van der Waals surface area contributed by atoms with Gasteiger partial charge in [-0.15, -0.1) is 18.7 Å². The van der Waals surface area contributed by atoms with Crippen LogP contribution in [-0.4, -0.2) is 9.55 Å². The molecule has 0 aliphatic carbocycles. The Balaban J connectivity index is -0.000000169. The van der Waals surface area contributed by atoms with Gasteiger partial charge in [-0.05, 0) is 0 Å². The first-order valence-corrected chi connectivity index (χ1v) is 3.85. The summed E-state index contributed by atoms with van der Waals surface area (Å²) in [5.41, 5.74) is 2.09. The molecule has 2 nitrogen and oxygen atoms in total. The summed E-state index contributed by atoms with van der Waals surface area (Å²) in [6, 6.07) is 7.98. The van der Waals surface area contributed by atoms with E-state index < -0.39 is 0 Å². The number of imidazole rings is 1. The molecule has 0 aliphatic heterocycles. The van der Waals surface area contributed by atoms with E-state index in [9.17, 15) is 0 Å². The van der Waals surface area contributed by atoms with E-state index in [1.807, 2.05) is 34.9 Å². The van der Waals surface area contributed by atoms with Crippen LogP contribution < -0.4 is 37.2 Å². The van der Waals surface area contributed by atoms with Gasteiger partial charge in [0.2, 0.25) is 0 Å². The predicted octanol–water partition coefficient (Wildman–Crippen LogP) is -6.33. The molecule has 0 fully saturated rings. The van der Waals surface area contributed by atoms with E-state index in [-0.39, 0.29) is 63.2 Å². The topological polar surface area (TPSA) is 17.8 Å². The molecule has 0 aliphatic rings. The normalized spacial score (nSPS) is 7.29. The molecule has 2 aromatic rings. The quantitative estimate of drug-likeness (QED) is 0.396. The van der Waals surface area contributed by atoms with Crippen LogP contribution in [-0.2, 0) is 25.1 Å². The van der Waals surface area contributed by atoms with Crippen molar-refractivity contribution >= 4 is 11.0 Å². The molecule has 0 spiro atoms. The third-order valence-corrected chi connectivity index (χ3v) is 1.78. The third kappa shape index (κ3) is 5.85. The fourth-order valence-corrected chi connectivity index (χ4v) is 1.22. The van der Waals surface area contributed by atoms with E-state index in [2.05, 4.69) is 17.9 Å². The van der Waals surface area contributed by atoms with Crippen LogP contribution in [0, 0.1) is 6.33 Å². The monoisotopic (exact) mass is 329 g/mol.